The molecule has 0 saturated heterocycles. The summed E-state index contributed by atoms with van der Waals surface area (Å²) >= 11 is 0. The number of H-pyrrole nitrogens is 1. The standard InChI is InChI=1S/C16H22N4O2/c1-10-16-13(5-7-20(10)8-6-15(21)19-17)12-4-3-11(22-2)9-14(12)18-16/h3-4,9-10,18H,5-8,17H2,1-2H3,(H,19,21)/p+1/t10-/m1/s1. The van der Waals surface area contributed by atoms with Crippen LogP contribution in [0.4, 0.5) is 0 Å². The molecule has 2 aromatic rings. The maximum atomic E-state index is 11.3. The third-order valence-electron chi connectivity index (χ3n) is 4.72. The molecule has 6 nitrogen and oxygen atoms in total. The molecule has 1 aliphatic heterocycles. The van der Waals surface area contributed by atoms with Gasteiger partial charge in [0.1, 0.15) is 11.8 Å². The first kappa shape index (κ1) is 14.9. The van der Waals surface area contributed by atoms with E-state index in [0.29, 0.717) is 12.5 Å². The number of quaternary nitrogens is 1. The molecule has 0 spiro atoms. The van der Waals surface area contributed by atoms with E-state index in [0.717, 1.165) is 30.8 Å². The number of carbonyl (C=O) groups is 1. The molecule has 2 atom stereocenters. The number of hydrogen-bond acceptors (Lipinski definition) is 3. The highest BCUT2D eigenvalue weighted by Gasteiger charge is 2.30. The number of fused-ring (bicyclic) bond motifs is 3. The first-order valence-electron chi connectivity index (χ1n) is 7.66. The Labute approximate surface area is 129 Å². The van der Waals surface area contributed by atoms with Crippen LogP contribution in [0, 0.1) is 0 Å². The van der Waals surface area contributed by atoms with Gasteiger partial charge < -0.3 is 14.6 Å². The second kappa shape index (κ2) is 5.98. The molecular formula is C16H23N4O2+. The van der Waals surface area contributed by atoms with Gasteiger partial charge in [-0.25, -0.2) is 5.84 Å². The van der Waals surface area contributed by atoms with E-state index in [2.05, 4.69) is 23.4 Å². The molecule has 0 fully saturated rings. The molecule has 0 saturated carbocycles. The van der Waals surface area contributed by atoms with E-state index in [1.165, 1.54) is 21.5 Å². The third kappa shape index (κ3) is 2.55. The van der Waals surface area contributed by atoms with Crippen LogP contribution in [-0.4, -0.2) is 31.1 Å². The number of amides is 1. The fourth-order valence-corrected chi connectivity index (χ4v) is 3.42. The Bertz CT molecular complexity index is 695. The molecule has 0 aliphatic carbocycles. The monoisotopic (exact) mass is 303 g/mol. The van der Waals surface area contributed by atoms with Crippen molar-refractivity contribution in [1.29, 1.82) is 0 Å². The van der Waals surface area contributed by atoms with E-state index in [9.17, 15) is 4.79 Å². The Morgan fingerprint density at radius 1 is 1.55 bits per heavy atom. The van der Waals surface area contributed by atoms with Gasteiger partial charge in [0.2, 0.25) is 5.91 Å². The van der Waals surface area contributed by atoms with Gasteiger partial charge in [-0.2, -0.15) is 0 Å². The number of hydrazine groups is 1. The molecule has 118 valence electrons. The summed E-state index contributed by atoms with van der Waals surface area (Å²) in [6.07, 6.45) is 1.48. The van der Waals surface area contributed by atoms with E-state index in [4.69, 9.17) is 10.6 Å². The molecule has 2 heterocycles. The lowest BCUT2D eigenvalue weighted by Crippen LogP contribution is -3.13. The first-order valence-corrected chi connectivity index (χ1v) is 7.66. The molecule has 1 aromatic heterocycles. The highest BCUT2D eigenvalue weighted by Crippen LogP contribution is 2.30. The van der Waals surface area contributed by atoms with E-state index in [-0.39, 0.29) is 5.91 Å². The highest BCUT2D eigenvalue weighted by molar-refractivity contribution is 5.86. The number of aromatic nitrogens is 1. The number of methoxy groups -OCH3 is 1. The lowest BCUT2D eigenvalue weighted by Gasteiger charge is -2.30. The van der Waals surface area contributed by atoms with Gasteiger partial charge in [0.15, 0.2) is 0 Å². The largest absolute Gasteiger partial charge is 0.497 e. The topological polar surface area (TPSA) is 84.6 Å². The summed E-state index contributed by atoms with van der Waals surface area (Å²) in [6, 6.07) is 6.52. The van der Waals surface area contributed by atoms with Crippen molar-refractivity contribution < 1.29 is 14.4 Å². The normalized spacial score (nSPS) is 20.7. The van der Waals surface area contributed by atoms with Crippen molar-refractivity contribution in [2.45, 2.75) is 25.8 Å². The number of hydrogen-bond donors (Lipinski definition) is 4. The predicted molar refractivity (Wildman–Crippen MR) is 84.6 cm³/mol. The average Bonchev–Trinajstić information content (AvgIpc) is 2.92. The summed E-state index contributed by atoms with van der Waals surface area (Å²) in [5.41, 5.74) is 6.00. The van der Waals surface area contributed by atoms with Crippen LogP contribution in [0.15, 0.2) is 18.2 Å². The van der Waals surface area contributed by atoms with E-state index < -0.39 is 0 Å². The van der Waals surface area contributed by atoms with Crippen LogP contribution in [0.3, 0.4) is 0 Å². The van der Waals surface area contributed by atoms with Crippen LogP contribution in [-0.2, 0) is 11.2 Å². The predicted octanol–water partition coefficient (Wildman–Crippen LogP) is 0.0585. The summed E-state index contributed by atoms with van der Waals surface area (Å²) in [4.78, 5) is 16.3. The third-order valence-corrected chi connectivity index (χ3v) is 4.72. The zero-order chi connectivity index (χ0) is 15.7. The Balaban J connectivity index is 1.86. The molecule has 6 heteroatoms. The minimum absolute atomic E-state index is 0.105. The van der Waals surface area contributed by atoms with E-state index in [1.807, 2.05) is 12.1 Å². The molecule has 22 heavy (non-hydrogen) atoms. The molecule has 0 radical (unpaired) electrons. The maximum Gasteiger partial charge on any atom is 0.239 e. The lowest BCUT2D eigenvalue weighted by atomic mass is 9.98. The van der Waals surface area contributed by atoms with Crippen molar-refractivity contribution in [3.63, 3.8) is 0 Å². The molecule has 1 aliphatic rings. The quantitative estimate of drug-likeness (QED) is 0.366. The van der Waals surface area contributed by atoms with Gasteiger partial charge in [-0.3, -0.25) is 10.2 Å². The maximum absolute atomic E-state index is 11.3. The van der Waals surface area contributed by atoms with Crippen LogP contribution in [0.25, 0.3) is 10.9 Å². The molecule has 1 aromatic carbocycles. The van der Waals surface area contributed by atoms with Crippen molar-refractivity contribution in [3.8, 4) is 5.75 Å². The fourth-order valence-electron chi connectivity index (χ4n) is 3.42. The molecular weight excluding hydrogens is 280 g/mol. The van der Waals surface area contributed by atoms with E-state index in [1.54, 1.807) is 7.11 Å². The van der Waals surface area contributed by atoms with Gasteiger partial charge in [0.25, 0.3) is 0 Å². The highest BCUT2D eigenvalue weighted by atomic mass is 16.5. The van der Waals surface area contributed by atoms with Gasteiger partial charge in [-0.05, 0) is 24.6 Å². The SMILES string of the molecule is COc1ccc2c3c([nH]c2c1)[C@@H](C)[NH+](CCC(=O)NN)CC3. The Morgan fingerprint density at radius 3 is 3.09 bits per heavy atom. The second-order valence-corrected chi connectivity index (χ2v) is 5.88. The number of aromatic amines is 1. The van der Waals surface area contributed by atoms with Crippen molar-refractivity contribution >= 4 is 16.8 Å². The summed E-state index contributed by atoms with van der Waals surface area (Å²) in [7, 11) is 1.68. The summed E-state index contributed by atoms with van der Waals surface area (Å²) < 4.78 is 5.30. The number of ether oxygens (including phenoxy) is 1. The van der Waals surface area contributed by atoms with Gasteiger partial charge >= 0.3 is 0 Å². The summed E-state index contributed by atoms with van der Waals surface area (Å²) in [6.45, 7) is 4.04. The van der Waals surface area contributed by atoms with Crippen LogP contribution in [0.5, 0.6) is 5.75 Å². The van der Waals surface area contributed by atoms with Crippen molar-refractivity contribution in [1.82, 2.24) is 10.4 Å². The van der Waals surface area contributed by atoms with Gasteiger partial charge in [0.05, 0.1) is 32.3 Å². The summed E-state index contributed by atoms with van der Waals surface area (Å²) in [5, 5.41) is 1.28. The Hall–Kier alpha value is -2.05. The smallest absolute Gasteiger partial charge is 0.239 e. The number of benzene rings is 1. The zero-order valence-electron chi connectivity index (χ0n) is 13.0. The summed E-state index contributed by atoms with van der Waals surface area (Å²) in [5.74, 6) is 5.91. The number of carbonyl (C=O) groups excluding carboxylic acids is 1. The van der Waals surface area contributed by atoms with Crippen LogP contribution in [0.2, 0.25) is 0 Å². The van der Waals surface area contributed by atoms with Gasteiger partial charge in [0, 0.05) is 23.4 Å². The molecule has 1 unspecified atom stereocenters. The van der Waals surface area contributed by atoms with E-state index >= 15 is 0 Å². The lowest BCUT2D eigenvalue weighted by molar-refractivity contribution is -0.931. The molecule has 3 rings (SSSR count). The molecule has 5 N–H and O–H groups in total. The van der Waals surface area contributed by atoms with Crippen molar-refractivity contribution in [3.05, 3.63) is 29.5 Å². The Kier molecular flexibility index (Phi) is 4.04. The molecule has 1 amide bonds. The minimum atomic E-state index is -0.105. The van der Waals surface area contributed by atoms with Crippen LogP contribution in [0.1, 0.15) is 30.6 Å². The van der Waals surface area contributed by atoms with Crippen molar-refractivity contribution in [2.75, 3.05) is 20.2 Å². The van der Waals surface area contributed by atoms with Crippen molar-refractivity contribution in [2.24, 2.45) is 5.84 Å². The first-order chi connectivity index (χ1) is 10.6. The van der Waals surface area contributed by atoms with Gasteiger partial charge in [-0.1, -0.05) is 0 Å². The fraction of sp³-hybridized carbons (Fsp3) is 0.438. The average molecular weight is 303 g/mol. The second-order valence-electron chi connectivity index (χ2n) is 5.88. The van der Waals surface area contributed by atoms with Crippen LogP contribution >= 0.6 is 0 Å². The molecule has 0 bridgehead atoms. The minimum Gasteiger partial charge on any atom is -0.497 e. The number of rotatable bonds is 4. The number of nitrogens with one attached hydrogen (secondary N) is 3. The van der Waals surface area contributed by atoms with Crippen LogP contribution < -0.4 is 20.9 Å². The zero-order valence-corrected chi connectivity index (χ0v) is 13.0. The Morgan fingerprint density at radius 2 is 2.36 bits per heavy atom. The van der Waals surface area contributed by atoms with Gasteiger partial charge in [-0.15, -0.1) is 0 Å². The number of nitrogens with two attached hydrogens (primary N) is 1.